The lowest BCUT2D eigenvalue weighted by molar-refractivity contribution is 0.746. The molecule has 40 valence electrons. The minimum atomic E-state index is -0.461. The summed E-state index contributed by atoms with van der Waals surface area (Å²) in [6, 6.07) is -0.461. The van der Waals surface area contributed by atoms with E-state index in [2.05, 4.69) is 10.4 Å². The lowest BCUT2D eigenvalue weighted by Gasteiger charge is -1.86. The molecule has 0 unspecified atom stereocenters. The minimum absolute atomic E-state index is 0.0104. The fraction of sp³-hybridized carbons (Fsp3) is 1.00. The van der Waals surface area contributed by atoms with E-state index < -0.39 is 6.04 Å². The average molecular weight is 102 g/mol. The number of hydrogen-bond acceptors (Lipinski definition) is 4. The SMILES string of the molecule is C[C@H](CN=O)N=O. The van der Waals surface area contributed by atoms with Crippen molar-refractivity contribution in [3.63, 3.8) is 0 Å². The highest BCUT2D eigenvalue weighted by molar-refractivity contribution is 4.59. The molecule has 4 heteroatoms. The maximum absolute atomic E-state index is 9.45. The Balaban J connectivity index is 3.15. The fourth-order valence-corrected chi connectivity index (χ4v) is 0.141. The fourth-order valence-electron chi connectivity index (χ4n) is 0.141. The third-order valence-electron chi connectivity index (χ3n) is 0.519. The van der Waals surface area contributed by atoms with Gasteiger partial charge in [0.05, 0.1) is 0 Å². The standard InChI is InChI=1S/C3H6N2O2/c1-3(5-7)2-4-6/h3H,2H2,1H3/t3-/m1/s1. The summed E-state index contributed by atoms with van der Waals surface area (Å²) in [5.74, 6) is 0. The van der Waals surface area contributed by atoms with E-state index in [1.54, 1.807) is 0 Å². The van der Waals surface area contributed by atoms with Crippen LogP contribution in [-0.4, -0.2) is 12.6 Å². The van der Waals surface area contributed by atoms with Crippen molar-refractivity contribution in [2.75, 3.05) is 6.54 Å². The van der Waals surface area contributed by atoms with E-state index in [0.29, 0.717) is 0 Å². The zero-order valence-corrected chi connectivity index (χ0v) is 4.00. The molecule has 0 radical (unpaired) electrons. The summed E-state index contributed by atoms with van der Waals surface area (Å²) in [5.41, 5.74) is 0. The van der Waals surface area contributed by atoms with Crippen LogP contribution >= 0.6 is 0 Å². The van der Waals surface area contributed by atoms with Gasteiger partial charge < -0.3 is 0 Å². The molecular weight excluding hydrogens is 96.0 g/mol. The van der Waals surface area contributed by atoms with Crippen molar-refractivity contribution in [3.05, 3.63) is 9.81 Å². The molecule has 0 amide bonds. The highest BCUT2D eigenvalue weighted by Gasteiger charge is 1.96. The smallest absolute Gasteiger partial charge is 0.112 e. The van der Waals surface area contributed by atoms with Crippen LogP contribution < -0.4 is 0 Å². The summed E-state index contributed by atoms with van der Waals surface area (Å²) in [7, 11) is 0. The average Bonchev–Trinajstić information content (AvgIpc) is 1.68. The number of rotatable bonds is 3. The van der Waals surface area contributed by atoms with Crippen molar-refractivity contribution in [3.8, 4) is 0 Å². The summed E-state index contributed by atoms with van der Waals surface area (Å²) in [4.78, 5) is 18.8. The second kappa shape index (κ2) is 3.39. The largest absolute Gasteiger partial charge is 0.151 e. The maximum Gasteiger partial charge on any atom is 0.112 e. The number of hydrogen-bond donors (Lipinski definition) is 0. The van der Waals surface area contributed by atoms with Gasteiger partial charge in [0.15, 0.2) is 0 Å². The molecular formula is C3H6N2O2. The molecule has 0 saturated carbocycles. The van der Waals surface area contributed by atoms with Gasteiger partial charge in [-0.25, -0.2) is 0 Å². The summed E-state index contributed by atoms with van der Waals surface area (Å²) in [6.45, 7) is 1.53. The Bertz CT molecular complexity index is 73.3. The van der Waals surface area contributed by atoms with Crippen molar-refractivity contribution >= 4 is 0 Å². The van der Waals surface area contributed by atoms with Crippen molar-refractivity contribution in [1.29, 1.82) is 0 Å². The van der Waals surface area contributed by atoms with Crippen LogP contribution in [0, 0.1) is 9.81 Å². The van der Waals surface area contributed by atoms with E-state index in [1.165, 1.54) is 6.92 Å². The summed E-state index contributed by atoms with van der Waals surface area (Å²) in [5, 5.41) is 5.00. The van der Waals surface area contributed by atoms with Gasteiger partial charge in [-0.15, -0.1) is 0 Å². The third-order valence-corrected chi connectivity index (χ3v) is 0.519. The first-order valence-electron chi connectivity index (χ1n) is 1.93. The van der Waals surface area contributed by atoms with E-state index in [-0.39, 0.29) is 6.54 Å². The van der Waals surface area contributed by atoms with Gasteiger partial charge in [-0.2, -0.15) is 9.81 Å². The lowest BCUT2D eigenvalue weighted by atomic mass is 10.4. The van der Waals surface area contributed by atoms with Crippen LogP contribution in [0.4, 0.5) is 0 Å². The van der Waals surface area contributed by atoms with Gasteiger partial charge >= 0.3 is 0 Å². The van der Waals surface area contributed by atoms with Crippen molar-refractivity contribution < 1.29 is 0 Å². The van der Waals surface area contributed by atoms with Crippen molar-refractivity contribution in [2.24, 2.45) is 10.4 Å². The second-order valence-electron chi connectivity index (χ2n) is 1.27. The quantitative estimate of drug-likeness (QED) is 0.497. The van der Waals surface area contributed by atoms with Crippen molar-refractivity contribution in [2.45, 2.75) is 13.0 Å². The molecule has 0 aliphatic carbocycles. The van der Waals surface area contributed by atoms with Gasteiger partial charge in [0.25, 0.3) is 0 Å². The topological polar surface area (TPSA) is 58.9 Å². The third kappa shape index (κ3) is 3.02. The van der Waals surface area contributed by atoms with Crippen LogP contribution in [0.1, 0.15) is 6.92 Å². The normalized spacial score (nSPS) is 12.7. The molecule has 0 saturated heterocycles. The van der Waals surface area contributed by atoms with Gasteiger partial charge in [-0.3, -0.25) is 0 Å². The summed E-state index contributed by atoms with van der Waals surface area (Å²) >= 11 is 0. The van der Waals surface area contributed by atoms with E-state index in [0.717, 1.165) is 0 Å². The molecule has 0 N–H and O–H groups in total. The van der Waals surface area contributed by atoms with Crippen LogP contribution in [-0.2, 0) is 0 Å². The molecule has 0 aromatic carbocycles. The van der Waals surface area contributed by atoms with Gasteiger partial charge in [0, 0.05) is 0 Å². The molecule has 0 aliphatic heterocycles. The first kappa shape index (κ1) is 6.20. The molecule has 0 aromatic heterocycles. The molecule has 1 atom stereocenters. The molecule has 7 heavy (non-hydrogen) atoms. The zero-order valence-electron chi connectivity index (χ0n) is 4.00. The molecule has 0 bridgehead atoms. The van der Waals surface area contributed by atoms with E-state index in [9.17, 15) is 9.81 Å². The Hall–Kier alpha value is -0.800. The Kier molecular flexibility index (Phi) is 3.00. The van der Waals surface area contributed by atoms with E-state index >= 15 is 0 Å². The molecule has 4 nitrogen and oxygen atoms in total. The molecule has 0 spiro atoms. The van der Waals surface area contributed by atoms with Crippen molar-refractivity contribution in [1.82, 2.24) is 0 Å². The van der Waals surface area contributed by atoms with Crippen LogP contribution in [0.15, 0.2) is 10.4 Å². The Morgan fingerprint density at radius 2 is 2.14 bits per heavy atom. The first-order chi connectivity index (χ1) is 3.31. The van der Waals surface area contributed by atoms with E-state index in [1.807, 2.05) is 0 Å². The van der Waals surface area contributed by atoms with E-state index in [4.69, 9.17) is 0 Å². The van der Waals surface area contributed by atoms with Crippen LogP contribution in [0.5, 0.6) is 0 Å². The highest BCUT2D eigenvalue weighted by atomic mass is 16.3. The molecule has 0 fully saturated rings. The Morgan fingerprint density at radius 1 is 1.57 bits per heavy atom. The molecule has 0 heterocycles. The van der Waals surface area contributed by atoms with Crippen LogP contribution in [0.3, 0.4) is 0 Å². The predicted octanol–water partition coefficient (Wildman–Crippen LogP) is 0.908. The highest BCUT2D eigenvalue weighted by Crippen LogP contribution is 1.85. The second-order valence-corrected chi connectivity index (χ2v) is 1.27. The molecule has 0 aromatic rings. The predicted molar refractivity (Wildman–Crippen MR) is 25.9 cm³/mol. The first-order valence-corrected chi connectivity index (χ1v) is 1.93. The Labute approximate surface area is 40.9 Å². The van der Waals surface area contributed by atoms with Gasteiger partial charge in [-0.05, 0) is 6.92 Å². The monoisotopic (exact) mass is 102 g/mol. The summed E-state index contributed by atoms with van der Waals surface area (Å²) < 4.78 is 0. The number of nitrogens with zero attached hydrogens (tertiary/aromatic N) is 2. The van der Waals surface area contributed by atoms with Crippen LogP contribution in [0.2, 0.25) is 0 Å². The number of nitroso groups, excluding NO2 is 2. The van der Waals surface area contributed by atoms with Gasteiger partial charge in [-0.1, -0.05) is 10.4 Å². The van der Waals surface area contributed by atoms with Crippen LogP contribution in [0.25, 0.3) is 0 Å². The van der Waals surface area contributed by atoms with Gasteiger partial charge in [0.2, 0.25) is 0 Å². The lowest BCUT2D eigenvalue weighted by Crippen LogP contribution is -1.99. The Morgan fingerprint density at radius 3 is 2.29 bits per heavy atom. The molecule has 0 aliphatic rings. The zero-order chi connectivity index (χ0) is 5.70. The summed E-state index contributed by atoms with van der Waals surface area (Å²) in [6.07, 6.45) is 0. The molecule has 0 rings (SSSR count). The maximum atomic E-state index is 9.45. The minimum Gasteiger partial charge on any atom is -0.151 e. The van der Waals surface area contributed by atoms with Gasteiger partial charge in [0.1, 0.15) is 12.6 Å².